The van der Waals surface area contributed by atoms with Crippen LogP contribution in [-0.4, -0.2) is 99.7 Å². The molecule has 1 spiro atoms. The lowest BCUT2D eigenvalue weighted by Crippen LogP contribution is -2.63. The number of hydrogen-bond acceptors (Lipinski definition) is 9. The number of piperidine rings is 2. The van der Waals surface area contributed by atoms with Crippen molar-refractivity contribution >= 4 is 12.2 Å². The minimum atomic E-state index is -1.30. The zero-order valence-corrected chi connectivity index (χ0v) is 30.8. The number of carboxylic acid groups (broad SMARTS) is 1. The van der Waals surface area contributed by atoms with Crippen LogP contribution in [0.2, 0.25) is 0 Å². The molecule has 10 heteroatoms. The molecular weight excluding hydrogens is 628 g/mol. The van der Waals surface area contributed by atoms with Gasteiger partial charge in [-0.15, -0.1) is 0 Å². The van der Waals surface area contributed by atoms with Crippen molar-refractivity contribution in [2.24, 2.45) is 22.1 Å². The molecule has 0 aromatic heterocycles. The van der Waals surface area contributed by atoms with Gasteiger partial charge < -0.3 is 31.7 Å². The molecule has 10 nitrogen and oxygen atoms in total. The van der Waals surface area contributed by atoms with Crippen molar-refractivity contribution in [1.82, 2.24) is 20.9 Å². The lowest BCUT2D eigenvalue weighted by molar-refractivity contribution is -0.143. The molecule has 1 saturated carbocycles. The number of carboxylic acids is 1. The van der Waals surface area contributed by atoms with Gasteiger partial charge in [-0.05, 0) is 113 Å². The summed E-state index contributed by atoms with van der Waals surface area (Å²) < 4.78 is 0. The van der Waals surface area contributed by atoms with Crippen LogP contribution in [0.25, 0.3) is 0 Å². The molecule has 4 heterocycles. The third-order valence-electron chi connectivity index (χ3n) is 13.3. The SMILES string of the molecule is CC1NC(CCC2CCCC3(CCCC3)CCC(O)(CC(=O)O)CNC3(C)CC(N)NC(Cc4cccc(c4)C2)C3)C(N2CC=NC2)CC1O. The van der Waals surface area contributed by atoms with Crippen molar-refractivity contribution in [2.75, 3.05) is 19.8 Å². The Balaban J connectivity index is 1.23. The molecule has 5 aliphatic rings. The van der Waals surface area contributed by atoms with Gasteiger partial charge in [0.25, 0.3) is 0 Å². The van der Waals surface area contributed by atoms with E-state index in [0.29, 0.717) is 18.4 Å². The van der Waals surface area contributed by atoms with Crippen molar-refractivity contribution in [1.29, 1.82) is 0 Å². The normalized spacial score (nSPS) is 38.9. The van der Waals surface area contributed by atoms with Gasteiger partial charge in [-0.25, -0.2) is 0 Å². The van der Waals surface area contributed by atoms with Crippen molar-refractivity contribution in [3.05, 3.63) is 35.4 Å². The highest BCUT2D eigenvalue weighted by Crippen LogP contribution is 2.47. The average Bonchev–Trinajstić information content (AvgIpc) is 3.76. The highest BCUT2D eigenvalue weighted by Gasteiger charge is 2.42. The zero-order chi connectivity index (χ0) is 35.4. The molecule has 6 rings (SSSR count). The average molecular weight is 695 g/mol. The Morgan fingerprint density at radius 2 is 1.80 bits per heavy atom. The second-order valence-corrected chi connectivity index (χ2v) is 17.6. The lowest BCUT2D eigenvalue weighted by atomic mass is 9.73. The van der Waals surface area contributed by atoms with Crippen molar-refractivity contribution in [3.63, 3.8) is 0 Å². The first kappa shape index (κ1) is 37.8. The van der Waals surface area contributed by atoms with Crippen LogP contribution in [0.3, 0.4) is 0 Å². The summed E-state index contributed by atoms with van der Waals surface area (Å²) in [5, 5.41) is 43.6. The number of β-amino-alcohol motifs (C(OH)–C–C–N with tert-alkyl or cyclic N) is 1. The quantitative estimate of drug-likeness (QED) is 0.233. The largest absolute Gasteiger partial charge is 0.481 e. The molecule has 4 bridgehead atoms. The molecule has 50 heavy (non-hydrogen) atoms. The molecule has 3 fully saturated rings. The minimum absolute atomic E-state index is 0.0855. The van der Waals surface area contributed by atoms with Gasteiger partial charge in [0.2, 0.25) is 0 Å². The van der Waals surface area contributed by atoms with E-state index in [1.165, 1.54) is 36.8 Å². The number of aliphatic carboxylic acids is 1. The summed E-state index contributed by atoms with van der Waals surface area (Å²) >= 11 is 0. The molecule has 2 saturated heterocycles. The van der Waals surface area contributed by atoms with Gasteiger partial charge in [-0.1, -0.05) is 49.9 Å². The van der Waals surface area contributed by atoms with Gasteiger partial charge >= 0.3 is 5.97 Å². The van der Waals surface area contributed by atoms with E-state index in [1.54, 1.807) is 0 Å². The molecule has 280 valence electrons. The van der Waals surface area contributed by atoms with E-state index in [0.717, 1.165) is 83.8 Å². The molecule has 1 aliphatic carbocycles. The molecule has 9 unspecified atom stereocenters. The molecule has 8 N–H and O–H groups in total. The predicted octanol–water partition coefficient (Wildman–Crippen LogP) is 4.11. The van der Waals surface area contributed by atoms with Gasteiger partial charge in [-0.2, -0.15) is 0 Å². The van der Waals surface area contributed by atoms with Crippen LogP contribution in [0.4, 0.5) is 0 Å². The number of carbonyl (C=O) groups is 1. The second kappa shape index (κ2) is 16.4. The first-order chi connectivity index (χ1) is 23.9. The first-order valence-electron chi connectivity index (χ1n) is 19.9. The van der Waals surface area contributed by atoms with Crippen LogP contribution in [-0.2, 0) is 17.6 Å². The molecule has 1 aromatic carbocycles. The number of fused-ring (bicyclic) bond motifs is 4. The van der Waals surface area contributed by atoms with E-state index < -0.39 is 11.6 Å². The third-order valence-corrected chi connectivity index (χ3v) is 13.3. The minimum Gasteiger partial charge on any atom is -0.481 e. The number of aliphatic hydroxyl groups is 2. The zero-order valence-electron chi connectivity index (χ0n) is 30.8. The van der Waals surface area contributed by atoms with Crippen LogP contribution in [0.15, 0.2) is 29.3 Å². The highest BCUT2D eigenvalue weighted by atomic mass is 16.4. The number of aliphatic imine (C=N–C) groups is 1. The number of aliphatic hydroxyl groups excluding tert-OH is 1. The van der Waals surface area contributed by atoms with E-state index in [4.69, 9.17) is 5.73 Å². The third kappa shape index (κ3) is 9.94. The molecule has 9 atom stereocenters. The Morgan fingerprint density at radius 3 is 2.54 bits per heavy atom. The van der Waals surface area contributed by atoms with E-state index in [-0.39, 0.29) is 54.3 Å². The number of rotatable bonds is 6. The predicted molar refractivity (Wildman–Crippen MR) is 199 cm³/mol. The van der Waals surface area contributed by atoms with Crippen LogP contribution in [0, 0.1) is 11.3 Å². The molecule has 4 aliphatic heterocycles. The Hall–Kier alpha value is -1.92. The fourth-order valence-electron chi connectivity index (χ4n) is 10.5. The Morgan fingerprint density at radius 1 is 1.04 bits per heavy atom. The standard InChI is InChI=1S/C40H66N6O4/c1-28-35(47)22-34(46-18-17-42-27-46)33(44-28)11-10-29-9-6-14-39(12-3-4-13-39)15-16-40(50,25-37(48)49)26-43-38(2)23-32(45-36(41)24-38)21-31-8-5-7-30(19-29)20-31/h5,7-8,17,20,28-29,32-36,43-45,47,50H,3-4,6,9-16,18-19,21-27,41H2,1-2H3,(H,48,49). The van der Waals surface area contributed by atoms with Crippen LogP contribution in [0.5, 0.6) is 0 Å². The van der Waals surface area contributed by atoms with Gasteiger partial charge in [0.05, 0.1) is 31.0 Å². The van der Waals surface area contributed by atoms with Crippen molar-refractivity contribution < 1.29 is 20.1 Å². The summed E-state index contributed by atoms with van der Waals surface area (Å²) in [5.41, 5.74) is 7.87. The number of nitrogens with zero attached hydrogens (tertiary/aromatic N) is 2. The first-order valence-corrected chi connectivity index (χ1v) is 19.9. The van der Waals surface area contributed by atoms with Crippen molar-refractivity contribution in [3.8, 4) is 0 Å². The monoisotopic (exact) mass is 695 g/mol. The van der Waals surface area contributed by atoms with Gasteiger partial charge in [0, 0.05) is 49.0 Å². The summed E-state index contributed by atoms with van der Waals surface area (Å²) in [5.74, 6) is -0.403. The van der Waals surface area contributed by atoms with E-state index in [2.05, 4.69) is 64.0 Å². The number of nitrogens with one attached hydrogen (secondary N) is 3. The fraction of sp³-hybridized carbons (Fsp3) is 0.800. The number of hydrogen-bond donors (Lipinski definition) is 7. The summed E-state index contributed by atoms with van der Waals surface area (Å²) in [4.78, 5) is 19.0. The molecule has 0 radical (unpaired) electrons. The Bertz CT molecular complexity index is 1300. The van der Waals surface area contributed by atoms with Gasteiger partial charge in [-0.3, -0.25) is 20.0 Å². The van der Waals surface area contributed by atoms with Crippen LogP contribution in [0.1, 0.15) is 121 Å². The molecule has 0 amide bonds. The Labute approximate surface area is 300 Å². The highest BCUT2D eigenvalue weighted by molar-refractivity contribution is 5.68. The number of nitrogens with two attached hydrogens (primary N) is 1. The summed E-state index contributed by atoms with van der Waals surface area (Å²) in [6.45, 7) is 6.14. The second-order valence-electron chi connectivity index (χ2n) is 17.6. The van der Waals surface area contributed by atoms with Crippen molar-refractivity contribution in [2.45, 2.75) is 171 Å². The number of benzene rings is 1. The summed E-state index contributed by atoms with van der Waals surface area (Å²) in [6, 6.07) is 10.0. The Kier molecular flexibility index (Phi) is 12.4. The maximum absolute atomic E-state index is 12.0. The van der Waals surface area contributed by atoms with E-state index in [1.807, 2.05) is 6.21 Å². The van der Waals surface area contributed by atoms with Gasteiger partial charge in [0.1, 0.15) is 0 Å². The van der Waals surface area contributed by atoms with Gasteiger partial charge in [0.15, 0.2) is 0 Å². The van der Waals surface area contributed by atoms with Crippen LogP contribution < -0.4 is 21.7 Å². The molecule has 1 aromatic rings. The summed E-state index contributed by atoms with van der Waals surface area (Å²) in [6.07, 6.45) is 17.3. The fourth-order valence-corrected chi connectivity index (χ4v) is 10.5. The lowest BCUT2D eigenvalue weighted by Gasteiger charge is -2.45. The topological polar surface area (TPSA) is 155 Å². The summed E-state index contributed by atoms with van der Waals surface area (Å²) in [7, 11) is 0. The van der Waals surface area contributed by atoms with E-state index in [9.17, 15) is 20.1 Å². The van der Waals surface area contributed by atoms with Crippen LogP contribution >= 0.6 is 0 Å². The van der Waals surface area contributed by atoms with E-state index >= 15 is 0 Å². The maximum Gasteiger partial charge on any atom is 0.306 e. The smallest absolute Gasteiger partial charge is 0.306 e. The molecular formula is C40H66N6O4. The maximum atomic E-state index is 12.0.